The zero-order valence-electron chi connectivity index (χ0n) is 7.91. The van der Waals surface area contributed by atoms with Crippen molar-refractivity contribution in [2.75, 3.05) is 26.4 Å². The van der Waals surface area contributed by atoms with E-state index < -0.39 is 17.2 Å². The molecule has 0 N–H and O–H groups in total. The maximum atomic E-state index is 5.40. The Hall–Kier alpha value is 1.61. The molecule has 2 fully saturated rings. The summed E-state index contributed by atoms with van der Waals surface area (Å²) in [4.78, 5) is 0. The largest absolute Gasteiger partial charge is 0.350 e. The standard InChI is InChI=1S/C5H9ClO6P2S2/c6-11-13-7-1-5(2-8-13)3-9-14(10-4-5)12-16-15/h15H,1-4H2. The third-order valence-corrected chi connectivity index (χ3v) is 5.22. The molecule has 0 saturated carbocycles. The van der Waals surface area contributed by atoms with Crippen LogP contribution in [0, 0.1) is 5.41 Å². The lowest BCUT2D eigenvalue weighted by molar-refractivity contribution is -0.0663. The molecule has 2 aliphatic rings. The lowest BCUT2D eigenvalue weighted by Gasteiger charge is -2.40. The first-order valence-electron chi connectivity index (χ1n) is 4.17. The number of halogens is 1. The summed E-state index contributed by atoms with van der Waals surface area (Å²) in [7, 11) is -2.74. The van der Waals surface area contributed by atoms with Crippen molar-refractivity contribution < 1.29 is 26.1 Å². The van der Waals surface area contributed by atoms with E-state index in [2.05, 4.69) is 15.7 Å². The van der Waals surface area contributed by atoms with Gasteiger partial charge in [-0.1, -0.05) is 11.7 Å². The van der Waals surface area contributed by atoms with E-state index in [-0.39, 0.29) is 5.41 Å². The van der Waals surface area contributed by atoms with E-state index in [9.17, 15) is 0 Å². The summed E-state index contributed by atoms with van der Waals surface area (Å²) in [6.45, 7) is 1.78. The molecule has 2 saturated heterocycles. The molecule has 0 atom stereocenters. The van der Waals surface area contributed by atoms with Crippen LogP contribution in [0.15, 0.2) is 0 Å². The fraction of sp³-hybridized carbons (Fsp3) is 1.00. The monoisotopic (exact) mass is 326 g/mol. The molecule has 2 aliphatic heterocycles. The van der Waals surface area contributed by atoms with Gasteiger partial charge in [-0.25, -0.2) is 3.97 Å². The molecule has 0 aromatic rings. The molecule has 0 aromatic carbocycles. The predicted molar refractivity (Wildman–Crippen MR) is 64.7 cm³/mol. The van der Waals surface area contributed by atoms with Crippen molar-refractivity contribution in [2.45, 2.75) is 0 Å². The third-order valence-electron chi connectivity index (χ3n) is 2.06. The molecule has 16 heavy (non-hydrogen) atoms. The highest BCUT2D eigenvalue weighted by molar-refractivity contribution is 8.67. The van der Waals surface area contributed by atoms with Crippen molar-refractivity contribution in [1.29, 1.82) is 0 Å². The summed E-state index contributed by atoms with van der Waals surface area (Å²) in [6, 6.07) is 0. The quantitative estimate of drug-likeness (QED) is 0.370. The molecule has 1 spiro atoms. The average molecular weight is 327 g/mol. The molecule has 11 heteroatoms. The van der Waals surface area contributed by atoms with E-state index in [0.29, 0.717) is 26.4 Å². The van der Waals surface area contributed by atoms with Gasteiger partial charge in [-0.15, -0.1) is 0 Å². The van der Waals surface area contributed by atoms with Crippen LogP contribution in [0.4, 0.5) is 0 Å². The van der Waals surface area contributed by atoms with E-state index >= 15 is 0 Å². The van der Waals surface area contributed by atoms with Crippen LogP contribution in [0.5, 0.6) is 0 Å². The van der Waals surface area contributed by atoms with Gasteiger partial charge in [-0.05, 0) is 0 Å². The van der Waals surface area contributed by atoms with Crippen LogP contribution in [-0.2, 0) is 26.1 Å². The van der Waals surface area contributed by atoms with Crippen LogP contribution in [0.1, 0.15) is 0 Å². The van der Waals surface area contributed by atoms with Gasteiger partial charge in [0.15, 0.2) is 0 Å². The Kier molecular flexibility index (Phi) is 5.86. The average Bonchev–Trinajstić information content (AvgIpc) is 2.34. The summed E-state index contributed by atoms with van der Waals surface area (Å²) in [5.41, 5.74) is -0.294. The first-order chi connectivity index (χ1) is 7.78. The van der Waals surface area contributed by atoms with Gasteiger partial charge in [0.05, 0.1) is 54.8 Å². The third kappa shape index (κ3) is 3.56. The Balaban J connectivity index is 1.79. The molecule has 6 nitrogen and oxygen atoms in total. The molecule has 94 valence electrons. The van der Waals surface area contributed by atoms with E-state index in [1.165, 1.54) is 0 Å². The Labute approximate surface area is 110 Å². The SMILES string of the molecule is SSOP1OCC2(COP(OCl)OC2)CO1. The minimum atomic E-state index is -1.43. The smallest absolute Gasteiger partial charge is 0.311 e. The normalized spacial score (nSPS) is 40.1. The van der Waals surface area contributed by atoms with Gasteiger partial charge < -0.3 is 18.1 Å². The topological polar surface area (TPSA) is 55.4 Å². The van der Waals surface area contributed by atoms with Crippen molar-refractivity contribution in [3.63, 3.8) is 0 Å². The van der Waals surface area contributed by atoms with Gasteiger partial charge in [-0.3, -0.25) is 0 Å². The fourth-order valence-corrected chi connectivity index (χ4v) is 4.23. The lowest BCUT2D eigenvalue weighted by atomic mass is 9.93. The van der Waals surface area contributed by atoms with Gasteiger partial charge in [0.1, 0.15) is 0 Å². The van der Waals surface area contributed by atoms with Crippen LogP contribution in [0.2, 0.25) is 0 Å². The van der Waals surface area contributed by atoms with E-state index in [0.717, 1.165) is 11.1 Å². The highest BCUT2D eigenvalue weighted by atomic mass is 35.5. The summed E-state index contributed by atoms with van der Waals surface area (Å²) in [5, 5.41) is 0. The first kappa shape index (κ1) is 14.0. The highest BCUT2D eigenvalue weighted by Crippen LogP contribution is 2.54. The second-order valence-electron chi connectivity index (χ2n) is 3.26. The Morgan fingerprint density at radius 1 is 1.06 bits per heavy atom. The molecule has 0 unspecified atom stereocenters. The van der Waals surface area contributed by atoms with Crippen molar-refractivity contribution in [2.24, 2.45) is 5.41 Å². The number of hydrogen-bond acceptors (Lipinski definition) is 8. The van der Waals surface area contributed by atoms with Crippen molar-refractivity contribution in [3.8, 4) is 0 Å². The first-order valence-corrected chi connectivity index (χ1v) is 8.46. The maximum Gasteiger partial charge on any atom is 0.350 e. The van der Waals surface area contributed by atoms with Crippen molar-refractivity contribution in [1.82, 2.24) is 0 Å². The van der Waals surface area contributed by atoms with Crippen LogP contribution in [-0.4, -0.2) is 26.4 Å². The van der Waals surface area contributed by atoms with Crippen molar-refractivity contribution in [3.05, 3.63) is 0 Å². The molecule has 0 radical (unpaired) electrons. The number of rotatable bonds is 3. The number of hydrogen-bond donors (Lipinski definition) is 1. The minimum Gasteiger partial charge on any atom is -0.311 e. The molecule has 2 heterocycles. The van der Waals surface area contributed by atoms with Gasteiger partial charge >= 0.3 is 17.2 Å². The summed E-state index contributed by atoms with van der Waals surface area (Å²) < 4.78 is 30.9. The van der Waals surface area contributed by atoms with Crippen molar-refractivity contribution >= 4 is 51.8 Å². The zero-order valence-corrected chi connectivity index (χ0v) is 12.2. The fourth-order valence-electron chi connectivity index (χ4n) is 1.19. The lowest BCUT2D eigenvalue weighted by Crippen LogP contribution is -2.44. The van der Waals surface area contributed by atoms with Crippen LogP contribution >= 0.6 is 51.8 Å². The van der Waals surface area contributed by atoms with Gasteiger partial charge in [0.2, 0.25) is 0 Å². The Morgan fingerprint density at radius 3 is 2.00 bits per heavy atom. The predicted octanol–water partition coefficient (Wildman–Crippen LogP) is 3.20. The molecular weight excluding hydrogens is 318 g/mol. The molecule has 0 aromatic heterocycles. The van der Waals surface area contributed by atoms with E-state index in [1.807, 2.05) is 0 Å². The summed E-state index contributed by atoms with van der Waals surface area (Å²) in [6.07, 6.45) is 0. The summed E-state index contributed by atoms with van der Waals surface area (Å²) in [5.74, 6) is 0. The Morgan fingerprint density at radius 2 is 1.56 bits per heavy atom. The zero-order chi connectivity index (χ0) is 11.4. The molecule has 0 amide bonds. The molecular formula is C5H9ClO6P2S2. The van der Waals surface area contributed by atoms with Crippen LogP contribution < -0.4 is 0 Å². The molecule has 0 bridgehead atoms. The van der Waals surface area contributed by atoms with Crippen LogP contribution in [0.3, 0.4) is 0 Å². The minimum absolute atomic E-state index is 0.294. The summed E-state index contributed by atoms with van der Waals surface area (Å²) >= 11 is 9.93. The Bertz CT molecular complexity index is 221. The molecule has 0 aliphatic carbocycles. The maximum absolute atomic E-state index is 5.40. The van der Waals surface area contributed by atoms with Gasteiger partial charge in [0, 0.05) is 0 Å². The van der Waals surface area contributed by atoms with Crippen LogP contribution in [0.25, 0.3) is 0 Å². The van der Waals surface area contributed by atoms with Gasteiger partial charge in [-0.2, -0.15) is 4.08 Å². The number of thiol groups is 1. The van der Waals surface area contributed by atoms with E-state index in [1.54, 1.807) is 0 Å². The molecule has 2 rings (SSSR count). The van der Waals surface area contributed by atoms with E-state index in [4.69, 9.17) is 33.9 Å². The highest BCUT2D eigenvalue weighted by Gasteiger charge is 2.44. The second kappa shape index (κ2) is 6.68. The van der Waals surface area contributed by atoms with Gasteiger partial charge in [0.25, 0.3) is 0 Å². The second-order valence-corrected chi connectivity index (χ2v) is 6.93.